The van der Waals surface area contributed by atoms with Gasteiger partial charge < -0.3 is 9.47 Å². The van der Waals surface area contributed by atoms with Gasteiger partial charge in [0.15, 0.2) is 11.5 Å². The predicted octanol–water partition coefficient (Wildman–Crippen LogP) is 6.34. The zero-order valence-corrected chi connectivity index (χ0v) is 20.2. The second kappa shape index (κ2) is 11.4. The zero-order valence-electron chi connectivity index (χ0n) is 16.6. The molecule has 0 aliphatic heterocycles. The van der Waals surface area contributed by atoms with Gasteiger partial charge in [-0.2, -0.15) is 5.10 Å². The number of hydrogen-bond donors (Lipinski definition) is 1. The molecular weight excluding hydrogens is 550 g/mol. The zero-order chi connectivity index (χ0) is 22.2. The molecule has 0 saturated heterocycles. The number of hydrogen-bond acceptors (Lipinski definition) is 4. The quantitative estimate of drug-likeness (QED) is 0.196. The molecule has 0 fully saturated rings. The van der Waals surface area contributed by atoms with Crippen LogP contribution in [0, 0.1) is 3.57 Å². The van der Waals surface area contributed by atoms with E-state index in [1.807, 2.05) is 31.2 Å². The molecule has 0 aliphatic carbocycles. The van der Waals surface area contributed by atoms with E-state index < -0.39 is 0 Å². The van der Waals surface area contributed by atoms with Crippen molar-refractivity contribution in [1.29, 1.82) is 0 Å². The first-order chi connectivity index (χ1) is 15.0. The number of carbonyl (C=O) groups is 1. The summed E-state index contributed by atoms with van der Waals surface area (Å²) < 4.78 is 12.6. The molecule has 8 heteroatoms. The summed E-state index contributed by atoms with van der Waals surface area (Å²) in [4.78, 5) is 12.2. The van der Waals surface area contributed by atoms with Gasteiger partial charge in [0, 0.05) is 24.7 Å². The van der Waals surface area contributed by atoms with Gasteiger partial charge in [0.05, 0.1) is 12.8 Å². The molecule has 0 unspecified atom stereocenters. The molecular formula is C23H19Cl2IN2O3. The summed E-state index contributed by atoms with van der Waals surface area (Å²) in [6.45, 7) is 2.64. The fraction of sp³-hybridized carbons (Fsp3) is 0.130. The molecule has 0 aromatic heterocycles. The van der Waals surface area contributed by atoms with Gasteiger partial charge in [0.2, 0.25) is 0 Å². The average molecular weight is 569 g/mol. The van der Waals surface area contributed by atoms with E-state index in [4.69, 9.17) is 32.7 Å². The summed E-state index contributed by atoms with van der Waals surface area (Å²) >= 11 is 14.3. The lowest BCUT2D eigenvalue weighted by Crippen LogP contribution is -2.17. The van der Waals surface area contributed by atoms with Crippen molar-refractivity contribution in [1.82, 2.24) is 5.43 Å². The van der Waals surface area contributed by atoms with E-state index in [0.29, 0.717) is 33.7 Å². The fourth-order valence-corrected chi connectivity index (χ4v) is 3.65. The van der Waals surface area contributed by atoms with Crippen LogP contribution in [0.25, 0.3) is 0 Å². The highest BCUT2D eigenvalue weighted by Gasteiger charge is 2.09. The van der Waals surface area contributed by atoms with Gasteiger partial charge in [-0.05, 0) is 83.6 Å². The van der Waals surface area contributed by atoms with Gasteiger partial charge in [-0.1, -0.05) is 35.3 Å². The third kappa shape index (κ3) is 6.85. The minimum absolute atomic E-state index is 0.273. The molecule has 1 amide bonds. The van der Waals surface area contributed by atoms with Crippen molar-refractivity contribution in [3.05, 3.63) is 91.0 Å². The lowest BCUT2D eigenvalue weighted by atomic mass is 10.2. The van der Waals surface area contributed by atoms with Crippen LogP contribution >= 0.6 is 45.8 Å². The van der Waals surface area contributed by atoms with Gasteiger partial charge in [0.25, 0.3) is 5.91 Å². The SMILES string of the molecule is CCOc1cc(/C=N\NC(=O)c2cccc(I)c2)ccc1OCc1ccc(Cl)cc1Cl. The monoisotopic (exact) mass is 568 g/mol. The molecule has 1 N–H and O–H groups in total. The molecule has 0 heterocycles. The molecule has 31 heavy (non-hydrogen) atoms. The van der Waals surface area contributed by atoms with Crippen molar-refractivity contribution >= 4 is 57.9 Å². The first-order valence-electron chi connectivity index (χ1n) is 9.39. The van der Waals surface area contributed by atoms with Gasteiger partial charge >= 0.3 is 0 Å². The van der Waals surface area contributed by atoms with E-state index in [9.17, 15) is 4.79 Å². The molecule has 5 nitrogen and oxygen atoms in total. The Kier molecular flexibility index (Phi) is 8.57. The van der Waals surface area contributed by atoms with Crippen molar-refractivity contribution in [2.75, 3.05) is 6.61 Å². The maximum Gasteiger partial charge on any atom is 0.271 e. The molecule has 0 saturated carbocycles. The molecule has 0 aliphatic rings. The fourth-order valence-electron chi connectivity index (χ4n) is 2.65. The van der Waals surface area contributed by atoms with Gasteiger partial charge in [-0.15, -0.1) is 0 Å². The maximum atomic E-state index is 12.2. The number of amides is 1. The molecule has 3 rings (SSSR count). The van der Waals surface area contributed by atoms with Crippen LogP contribution in [0.3, 0.4) is 0 Å². The van der Waals surface area contributed by atoms with E-state index in [1.54, 1.807) is 42.6 Å². The number of rotatable bonds is 8. The second-order valence-electron chi connectivity index (χ2n) is 6.37. The van der Waals surface area contributed by atoms with Gasteiger partial charge in [0.1, 0.15) is 6.61 Å². The van der Waals surface area contributed by atoms with Crippen LogP contribution in [-0.4, -0.2) is 18.7 Å². The third-order valence-corrected chi connectivity index (χ3v) is 5.39. The van der Waals surface area contributed by atoms with Crippen molar-refractivity contribution in [2.24, 2.45) is 5.10 Å². The summed E-state index contributed by atoms with van der Waals surface area (Å²) in [5.41, 5.74) is 4.64. The van der Waals surface area contributed by atoms with E-state index in [2.05, 4.69) is 33.1 Å². The van der Waals surface area contributed by atoms with Crippen molar-refractivity contribution in [2.45, 2.75) is 13.5 Å². The first-order valence-corrected chi connectivity index (χ1v) is 11.2. The Hall–Kier alpha value is -2.29. The number of halogens is 3. The van der Waals surface area contributed by atoms with E-state index in [0.717, 1.165) is 14.7 Å². The minimum atomic E-state index is -0.278. The van der Waals surface area contributed by atoms with Crippen molar-refractivity contribution in [3.8, 4) is 11.5 Å². The number of benzene rings is 3. The lowest BCUT2D eigenvalue weighted by molar-refractivity contribution is 0.0955. The predicted molar refractivity (Wildman–Crippen MR) is 133 cm³/mol. The highest BCUT2D eigenvalue weighted by molar-refractivity contribution is 14.1. The molecule has 0 bridgehead atoms. The Bertz CT molecular complexity index is 1110. The highest BCUT2D eigenvalue weighted by Crippen LogP contribution is 2.30. The molecule has 0 atom stereocenters. The molecule has 3 aromatic rings. The third-order valence-electron chi connectivity index (χ3n) is 4.13. The van der Waals surface area contributed by atoms with Crippen LogP contribution in [0.15, 0.2) is 65.8 Å². The van der Waals surface area contributed by atoms with Gasteiger partial charge in [-0.3, -0.25) is 4.79 Å². The van der Waals surface area contributed by atoms with E-state index >= 15 is 0 Å². The standard InChI is InChI=1S/C23H19Cl2IN2O3/c1-2-30-22-10-15(13-27-28-23(29)16-4-3-5-19(26)11-16)6-9-21(22)31-14-17-7-8-18(24)12-20(17)25/h3-13H,2,14H2,1H3,(H,28,29)/b27-13-. The molecule has 0 spiro atoms. The van der Waals surface area contributed by atoms with Crippen LogP contribution in [0.1, 0.15) is 28.4 Å². The first kappa shape index (κ1) is 23.4. The Balaban J connectivity index is 1.67. The lowest BCUT2D eigenvalue weighted by Gasteiger charge is -2.13. The number of hydrazone groups is 1. The summed E-state index contributed by atoms with van der Waals surface area (Å²) in [7, 11) is 0. The molecule has 3 aromatic carbocycles. The smallest absolute Gasteiger partial charge is 0.271 e. The van der Waals surface area contributed by atoms with Gasteiger partial charge in [-0.25, -0.2) is 5.43 Å². The van der Waals surface area contributed by atoms with Crippen LogP contribution < -0.4 is 14.9 Å². The summed E-state index contributed by atoms with van der Waals surface area (Å²) in [5, 5.41) is 5.15. The Morgan fingerprint density at radius 3 is 2.65 bits per heavy atom. The highest BCUT2D eigenvalue weighted by atomic mass is 127. The Morgan fingerprint density at radius 1 is 1.06 bits per heavy atom. The Labute approximate surface area is 204 Å². The van der Waals surface area contributed by atoms with Crippen LogP contribution in [-0.2, 0) is 6.61 Å². The van der Waals surface area contributed by atoms with Crippen LogP contribution in [0.5, 0.6) is 11.5 Å². The van der Waals surface area contributed by atoms with Crippen molar-refractivity contribution < 1.29 is 14.3 Å². The van der Waals surface area contributed by atoms with E-state index in [1.165, 1.54) is 0 Å². The average Bonchev–Trinajstić information content (AvgIpc) is 2.74. The normalized spacial score (nSPS) is 10.8. The summed E-state index contributed by atoms with van der Waals surface area (Å²) in [6, 6.07) is 17.9. The number of ether oxygens (including phenoxy) is 2. The second-order valence-corrected chi connectivity index (χ2v) is 8.46. The Morgan fingerprint density at radius 2 is 1.90 bits per heavy atom. The van der Waals surface area contributed by atoms with Crippen molar-refractivity contribution in [3.63, 3.8) is 0 Å². The summed E-state index contributed by atoms with van der Waals surface area (Å²) in [5.74, 6) is 0.869. The molecule has 0 radical (unpaired) electrons. The maximum absolute atomic E-state index is 12.2. The number of nitrogens with one attached hydrogen (secondary N) is 1. The van der Waals surface area contributed by atoms with Crippen LogP contribution in [0.2, 0.25) is 10.0 Å². The topological polar surface area (TPSA) is 59.9 Å². The van der Waals surface area contributed by atoms with E-state index in [-0.39, 0.29) is 12.5 Å². The number of nitrogens with zero attached hydrogens (tertiary/aromatic N) is 1. The minimum Gasteiger partial charge on any atom is -0.490 e. The van der Waals surface area contributed by atoms with Crippen LogP contribution in [0.4, 0.5) is 0 Å². The largest absolute Gasteiger partial charge is 0.490 e. The summed E-state index contributed by atoms with van der Waals surface area (Å²) in [6.07, 6.45) is 1.55. The number of carbonyl (C=O) groups excluding carboxylic acids is 1. The molecule has 160 valence electrons.